The van der Waals surface area contributed by atoms with E-state index in [1.54, 1.807) is 50.6 Å². The molecule has 3 aromatic carbocycles. The van der Waals surface area contributed by atoms with Gasteiger partial charge in [0.05, 0.1) is 25.3 Å². The number of methoxy groups -OCH3 is 2. The molecule has 0 spiro atoms. The highest BCUT2D eigenvalue weighted by Crippen LogP contribution is 2.15. The molecule has 0 radical (unpaired) electrons. The Morgan fingerprint density at radius 3 is 2.19 bits per heavy atom. The van der Waals surface area contributed by atoms with Crippen molar-refractivity contribution in [3.05, 3.63) is 102 Å². The Labute approximate surface area is 215 Å². The summed E-state index contributed by atoms with van der Waals surface area (Å²) in [5.74, 6) is 1.36. The highest BCUT2D eigenvalue weighted by molar-refractivity contribution is 6.04. The van der Waals surface area contributed by atoms with E-state index in [9.17, 15) is 9.59 Å². The van der Waals surface area contributed by atoms with Gasteiger partial charge < -0.3 is 25.1 Å². The van der Waals surface area contributed by atoms with E-state index in [1.165, 1.54) is 6.08 Å². The van der Waals surface area contributed by atoms with Gasteiger partial charge in [-0.05, 0) is 59.7 Å². The molecule has 0 aliphatic rings. The Morgan fingerprint density at radius 1 is 0.892 bits per heavy atom. The number of H-pyrrole nitrogens is 1. The van der Waals surface area contributed by atoms with E-state index < -0.39 is 11.8 Å². The number of benzene rings is 3. The number of fused-ring (bicyclic) bond motifs is 1. The van der Waals surface area contributed by atoms with E-state index in [0.717, 1.165) is 33.7 Å². The normalized spacial score (nSPS) is 11.5. The first kappa shape index (κ1) is 25.2. The second-order valence-electron chi connectivity index (χ2n) is 8.13. The second-order valence-corrected chi connectivity index (χ2v) is 8.13. The number of carbonyl (C=O) groups excluding carboxylic acids is 2. The second kappa shape index (κ2) is 12.2. The van der Waals surface area contributed by atoms with Crippen molar-refractivity contribution < 1.29 is 19.1 Å². The van der Waals surface area contributed by atoms with E-state index in [-0.39, 0.29) is 5.70 Å². The molecule has 0 unspecified atom stereocenters. The molecule has 0 fully saturated rings. The van der Waals surface area contributed by atoms with Gasteiger partial charge in [0, 0.05) is 19.0 Å². The van der Waals surface area contributed by atoms with Gasteiger partial charge in [0.2, 0.25) is 5.91 Å². The number of hydrogen-bond acceptors (Lipinski definition) is 5. The summed E-state index contributed by atoms with van der Waals surface area (Å²) in [5.41, 5.74) is 3.51. The number of hydrogen-bond donors (Lipinski definition) is 3. The number of ether oxygens (including phenoxy) is 2. The predicted octanol–water partition coefficient (Wildman–Crippen LogP) is 4.11. The van der Waals surface area contributed by atoms with E-state index in [1.807, 2.05) is 48.5 Å². The molecular weight excluding hydrogens is 468 g/mol. The molecule has 0 atom stereocenters. The topological polar surface area (TPSA) is 105 Å². The third-order valence-corrected chi connectivity index (χ3v) is 5.56. The molecule has 8 heteroatoms. The summed E-state index contributed by atoms with van der Waals surface area (Å²) >= 11 is 0. The molecule has 1 heterocycles. The summed E-state index contributed by atoms with van der Waals surface area (Å²) in [6, 6.07) is 22.2. The largest absolute Gasteiger partial charge is 0.497 e. The number of rotatable bonds is 10. The third kappa shape index (κ3) is 7.08. The van der Waals surface area contributed by atoms with Gasteiger partial charge in [-0.25, -0.2) is 4.98 Å². The zero-order valence-corrected chi connectivity index (χ0v) is 20.7. The molecule has 0 bridgehead atoms. The number of amides is 2. The minimum atomic E-state index is -0.428. The number of carbonyl (C=O) groups is 2. The fourth-order valence-electron chi connectivity index (χ4n) is 3.60. The number of aromatic amines is 1. The van der Waals surface area contributed by atoms with Crippen molar-refractivity contribution in [3.8, 4) is 11.5 Å². The summed E-state index contributed by atoms with van der Waals surface area (Å²) in [5, 5.41) is 5.57. The van der Waals surface area contributed by atoms with Crippen LogP contribution in [0.1, 0.15) is 17.0 Å². The monoisotopic (exact) mass is 496 g/mol. The van der Waals surface area contributed by atoms with Crippen LogP contribution in [0.2, 0.25) is 0 Å². The highest BCUT2D eigenvalue weighted by atomic mass is 16.5. The van der Waals surface area contributed by atoms with Gasteiger partial charge in [-0.15, -0.1) is 0 Å². The first-order chi connectivity index (χ1) is 18.0. The van der Waals surface area contributed by atoms with Gasteiger partial charge in [-0.3, -0.25) is 9.59 Å². The van der Waals surface area contributed by atoms with Crippen molar-refractivity contribution in [1.82, 2.24) is 20.6 Å². The molecule has 8 nitrogen and oxygen atoms in total. The first-order valence-electron chi connectivity index (χ1n) is 11.7. The van der Waals surface area contributed by atoms with Crippen LogP contribution in [0, 0.1) is 0 Å². The van der Waals surface area contributed by atoms with E-state index in [2.05, 4.69) is 20.6 Å². The van der Waals surface area contributed by atoms with Crippen LogP contribution >= 0.6 is 0 Å². The molecule has 0 aliphatic heterocycles. The minimum Gasteiger partial charge on any atom is -0.497 e. The molecule has 0 saturated carbocycles. The van der Waals surface area contributed by atoms with Crippen LogP contribution in [-0.4, -0.2) is 42.5 Å². The lowest BCUT2D eigenvalue weighted by Gasteiger charge is -2.10. The van der Waals surface area contributed by atoms with Gasteiger partial charge in [0.1, 0.15) is 23.0 Å². The smallest absolute Gasteiger partial charge is 0.267 e. The Bertz CT molecular complexity index is 1390. The summed E-state index contributed by atoms with van der Waals surface area (Å²) < 4.78 is 10.3. The number of nitrogens with one attached hydrogen (secondary N) is 3. The molecule has 4 rings (SSSR count). The molecule has 188 valence electrons. The predicted molar refractivity (Wildman–Crippen MR) is 144 cm³/mol. The molecule has 0 saturated heterocycles. The summed E-state index contributed by atoms with van der Waals surface area (Å²) in [6.07, 6.45) is 5.18. The fraction of sp³-hybridized carbons (Fsp3) is 0.138. The van der Waals surface area contributed by atoms with Crippen molar-refractivity contribution in [2.45, 2.75) is 6.42 Å². The lowest BCUT2D eigenvalue weighted by molar-refractivity contribution is -0.121. The maximum absolute atomic E-state index is 13.0. The van der Waals surface area contributed by atoms with Crippen LogP contribution < -0.4 is 20.1 Å². The van der Waals surface area contributed by atoms with Crippen LogP contribution in [0.25, 0.3) is 23.2 Å². The molecule has 4 aromatic rings. The zero-order chi connectivity index (χ0) is 26.0. The number of nitrogens with zero attached hydrogens (tertiary/aromatic N) is 1. The van der Waals surface area contributed by atoms with Gasteiger partial charge in [-0.2, -0.15) is 0 Å². The molecule has 0 aliphatic carbocycles. The van der Waals surface area contributed by atoms with Crippen molar-refractivity contribution >= 4 is 35.0 Å². The average Bonchev–Trinajstić information content (AvgIpc) is 3.35. The van der Waals surface area contributed by atoms with Crippen molar-refractivity contribution in [2.24, 2.45) is 0 Å². The van der Waals surface area contributed by atoms with Crippen LogP contribution in [-0.2, 0) is 16.0 Å². The number of imidazole rings is 1. The summed E-state index contributed by atoms with van der Waals surface area (Å²) in [7, 11) is 3.18. The maximum atomic E-state index is 13.0. The molecule has 2 amide bonds. The van der Waals surface area contributed by atoms with E-state index in [0.29, 0.717) is 18.7 Å². The van der Waals surface area contributed by atoms with Crippen molar-refractivity contribution in [1.29, 1.82) is 0 Å². The highest BCUT2D eigenvalue weighted by Gasteiger charge is 2.13. The van der Waals surface area contributed by atoms with Gasteiger partial charge in [0.25, 0.3) is 5.91 Å². The Hall–Kier alpha value is -4.85. The van der Waals surface area contributed by atoms with Crippen LogP contribution in [0.5, 0.6) is 11.5 Å². The minimum absolute atomic E-state index is 0.124. The quantitative estimate of drug-likeness (QED) is 0.287. The van der Waals surface area contributed by atoms with E-state index >= 15 is 0 Å². The van der Waals surface area contributed by atoms with Crippen LogP contribution in [0.3, 0.4) is 0 Å². The average molecular weight is 497 g/mol. The first-order valence-corrected chi connectivity index (χ1v) is 11.7. The standard InChI is InChI=1S/C29H28N4O4/c1-36-22-12-7-20(8-13-22)11-16-28(34)33-26(19-21-9-14-23(37-2)15-10-21)29(35)30-18-17-27-31-24-5-3-4-6-25(24)32-27/h3-16,19H,17-18H2,1-2H3,(H,30,35)(H,31,32)(H,33,34). The Morgan fingerprint density at radius 2 is 1.54 bits per heavy atom. The SMILES string of the molecule is COc1ccc(C=CC(=O)NC(=Cc2ccc(OC)cc2)C(=O)NCCc2nc3ccccc3[nH]2)cc1. The van der Waals surface area contributed by atoms with E-state index in [4.69, 9.17) is 9.47 Å². The molecular formula is C29H28N4O4. The third-order valence-electron chi connectivity index (χ3n) is 5.56. The van der Waals surface area contributed by atoms with Crippen LogP contribution in [0.4, 0.5) is 0 Å². The Kier molecular flexibility index (Phi) is 8.33. The fourth-order valence-corrected chi connectivity index (χ4v) is 3.60. The maximum Gasteiger partial charge on any atom is 0.267 e. The molecule has 3 N–H and O–H groups in total. The van der Waals surface area contributed by atoms with Crippen molar-refractivity contribution in [2.75, 3.05) is 20.8 Å². The number of para-hydroxylation sites is 2. The zero-order valence-electron chi connectivity index (χ0n) is 20.7. The molecule has 37 heavy (non-hydrogen) atoms. The van der Waals surface area contributed by atoms with Gasteiger partial charge in [0.15, 0.2) is 0 Å². The summed E-state index contributed by atoms with van der Waals surface area (Å²) in [4.78, 5) is 33.5. The summed E-state index contributed by atoms with van der Waals surface area (Å²) in [6.45, 7) is 0.343. The number of aromatic nitrogens is 2. The molecule has 1 aromatic heterocycles. The van der Waals surface area contributed by atoms with Gasteiger partial charge in [-0.1, -0.05) is 36.4 Å². The van der Waals surface area contributed by atoms with Crippen LogP contribution in [0.15, 0.2) is 84.6 Å². The van der Waals surface area contributed by atoms with Gasteiger partial charge >= 0.3 is 0 Å². The lowest BCUT2D eigenvalue weighted by atomic mass is 10.1. The lowest BCUT2D eigenvalue weighted by Crippen LogP contribution is -2.35. The Balaban J connectivity index is 1.44. The van der Waals surface area contributed by atoms with Crippen molar-refractivity contribution in [3.63, 3.8) is 0 Å².